The molecular weight excluding hydrogens is 319 g/mol. The van der Waals surface area contributed by atoms with E-state index in [1.54, 1.807) is 12.1 Å². The number of halogens is 2. The zero-order valence-electron chi connectivity index (χ0n) is 12.3. The summed E-state index contributed by atoms with van der Waals surface area (Å²) in [7, 11) is 0. The molecule has 3 nitrogen and oxygen atoms in total. The number of benzene rings is 2. The summed E-state index contributed by atoms with van der Waals surface area (Å²) in [5.41, 5.74) is 3.24. The Morgan fingerprint density at radius 1 is 1.05 bits per heavy atom. The van der Waals surface area contributed by atoms with Gasteiger partial charge < -0.3 is 10.6 Å². The predicted molar refractivity (Wildman–Crippen MR) is 91.6 cm³/mol. The molecule has 0 atom stereocenters. The van der Waals surface area contributed by atoms with Gasteiger partial charge in [-0.2, -0.15) is 0 Å². The van der Waals surface area contributed by atoms with Crippen LogP contribution in [0.1, 0.15) is 16.7 Å². The number of aryl methyl sites for hydroxylation is 1. The fourth-order valence-electron chi connectivity index (χ4n) is 2.08. The Balaban J connectivity index is 1.75. The Morgan fingerprint density at radius 3 is 2.55 bits per heavy atom. The number of urea groups is 1. The van der Waals surface area contributed by atoms with Crippen LogP contribution in [-0.4, -0.2) is 12.6 Å². The van der Waals surface area contributed by atoms with Crippen LogP contribution in [0.2, 0.25) is 10.0 Å². The Labute approximate surface area is 140 Å². The monoisotopic (exact) mass is 336 g/mol. The molecule has 0 aromatic heterocycles. The van der Waals surface area contributed by atoms with E-state index in [1.807, 2.05) is 37.3 Å². The van der Waals surface area contributed by atoms with E-state index in [9.17, 15) is 4.79 Å². The van der Waals surface area contributed by atoms with Crippen molar-refractivity contribution < 1.29 is 4.79 Å². The predicted octanol–water partition coefficient (Wildman–Crippen LogP) is 4.34. The van der Waals surface area contributed by atoms with Gasteiger partial charge in [0.25, 0.3) is 0 Å². The first-order valence-electron chi connectivity index (χ1n) is 7.06. The van der Waals surface area contributed by atoms with E-state index >= 15 is 0 Å². The number of carbonyl (C=O) groups excluding carboxylic acids is 1. The fourth-order valence-corrected chi connectivity index (χ4v) is 2.58. The maximum absolute atomic E-state index is 11.8. The first-order chi connectivity index (χ1) is 10.6. The minimum absolute atomic E-state index is 0.187. The molecule has 0 saturated heterocycles. The van der Waals surface area contributed by atoms with Crippen LogP contribution >= 0.6 is 23.2 Å². The molecule has 2 rings (SSSR count). The summed E-state index contributed by atoms with van der Waals surface area (Å²) in [4.78, 5) is 11.8. The van der Waals surface area contributed by atoms with Crippen molar-refractivity contribution in [3.8, 4) is 0 Å². The van der Waals surface area contributed by atoms with Gasteiger partial charge in [0, 0.05) is 23.1 Å². The summed E-state index contributed by atoms with van der Waals surface area (Å²) in [5.74, 6) is 0. The smallest absolute Gasteiger partial charge is 0.315 e. The van der Waals surface area contributed by atoms with Crippen molar-refractivity contribution in [3.63, 3.8) is 0 Å². The zero-order valence-corrected chi connectivity index (χ0v) is 13.8. The standard InChI is InChI=1S/C17H18Cl2N2O/c1-12-4-2-3-5-14(12)11-21-17(22)20-9-8-13-6-7-15(18)10-16(13)19/h2-7,10H,8-9,11H2,1H3,(H2,20,21,22). The van der Waals surface area contributed by atoms with Gasteiger partial charge in [0.2, 0.25) is 0 Å². The molecule has 0 bridgehead atoms. The summed E-state index contributed by atoms with van der Waals surface area (Å²) < 4.78 is 0. The number of hydrogen-bond acceptors (Lipinski definition) is 1. The highest BCUT2D eigenvalue weighted by Crippen LogP contribution is 2.20. The van der Waals surface area contributed by atoms with Gasteiger partial charge in [-0.1, -0.05) is 53.5 Å². The highest BCUT2D eigenvalue weighted by atomic mass is 35.5. The first-order valence-corrected chi connectivity index (χ1v) is 7.82. The average molecular weight is 337 g/mol. The van der Waals surface area contributed by atoms with Crippen LogP contribution in [0, 0.1) is 6.92 Å². The Kier molecular flexibility index (Phi) is 6.10. The van der Waals surface area contributed by atoms with Crippen LogP contribution in [-0.2, 0) is 13.0 Å². The second kappa shape index (κ2) is 8.06. The molecule has 0 aliphatic carbocycles. The van der Waals surface area contributed by atoms with E-state index in [0.29, 0.717) is 29.6 Å². The Hall–Kier alpha value is -1.71. The van der Waals surface area contributed by atoms with Crippen LogP contribution in [0.15, 0.2) is 42.5 Å². The SMILES string of the molecule is Cc1ccccc1CNC(=O)NCCc1ccc(Cl)cc1Cl. The number of amides is 2. The van der Waals surface area contributed by atoms with E-state index in [0.717, 1.165) is 16.7 Å². The maximum atomic E-state index is 11.8. The molecule has 0 radical (unpaired) electrons. The summed E-state index contributed by atoms with van der Waals surface area (Å²) in [6, 6.07) is 13.2. The number of hydrogen-bond donors (Lipinski definition) is 2. The lowest BCUT2D eigenvalue weighted by Crippen LogP contribution is -2.36. The summed E-state index contributed by atoms with van der Waals surface area (Å²) in [6.45, 7) is 3.05. The van der Waals surface area contributed by atoms with Crippen molar-refractivity contribution in [2.75, 3.05) is 6.54 Å². The first kappa shape index (κ1) is 16.7. The van der Waals surface area contributed by atoms with E-state index in [4.69, 9.17) is 23.2 Å². The normalized spacial score (nSPS) is 10.3. The molecule has 0 saturated carbocycles. The number of rotatable bonds is 5. The van der Waals surface area contributed by atoms with Crippen LogP contribution in [0.4, 0.5) is 4.79 Å². The lowest BCUT2D eigenvalue weighted by Gasteiger charge is -2.10. The molecule has 0 fully saturated rings. The van der Waals surface area contributed by atoms with E-state index in [1.165, 1.54) is 0 Å². The van der Waals surface area contributed by atoms with Crippen LogP contribution in [0.5, 0.6) is 0 Å². The average Bonchev–Trinajstić information content (AvgIpc) is 2.49. The molecule has 2 N–H and O–H groups in total. The van der Waals surface area contributed by atoms with Gasteiger partial charge in [-0.3, -0.25) is 0 Å². The van der Waals surface area contributed by atoms with E-state index in [2.05, 4.69) is 10.6 Å². The van der Waals surface area contributed by atoms with Gasteiger partial charge in [-0.25, -0.2) is 4.79 Å². The molecule has 116 valence electrons. The van der Waals surface area contributed by atoms with Crippen LogP contribution in [0.3, 0.4) is 0 Å². The van der Waals surface area contributed by atoms with Crippen molar-refractivity contribution >= 4 is 29.2 Å². The van der Waals surface area contributed by atoms with Crippen LogP contribution < -0.4 is 10.6 Å². The van der Waals surface area contributed by atoms with Gasteiger partial charge in [-0.05, 0) is 42.2 Å². The van der Waals surface area contributed by atoms with Crippen LogP contribution in [0.25, 0.3) is 0 Å². The van der Waals surface area contributed by atoms with Gasteiger partial charge in [0.05, 0.1) is 0 Å². The van der Waals surface area contributed by atoms with Gasteiger partial charge >= 0.3 is 6.03 Å². The second-order valence-corrected chi connectivity index (χ2v) is 5.87. The lowest BCUT2D eigenvalue weighted by atomic mass is 10.1. The van der Waals surface area contributed by atoms with E-state index < -0.39 is 0 Å². The quantitative estimate of drug-likeness (QED) is 0.837. The molecule has 2 amide bonds. The Bertz CT molecular complexity index is 659. The molecule has 5 heteroatoms. The third-order valence-corrected chi connectivity index (χ3v) is 3.98. The topological polar surface area (TPSA) is 41.1 Å². The van der Waals surface area contributed by atoms with Gasteiger partial charge in [-0.15, -0.1) is 0 Å². The highest BCUT2D eigenvalue weighted by molar-refractivity contribution is 6.35. The molecule has 0 heterocycles. The molecule has 0 aliphatic heterocycles. The summed E-state index contributed by atoms with van der Waals surface area (Å²) in [6.07, 6.45) is 0.661. The van der Waals surface area contributed by atoms with Gasteiger partial charge in [0.15, 0.2) is 0 Å². The molecule has 0 spiro atoms. The minimum atomic E-state index is -0.187. The number of carbonyl (C=O) groups is 1. The molecule has 0 unspecified atom stereocenters. The Morgan fingerprint density at radius 2 is 1.82 bits per heavy atom. The fraction of sp³-hybridized carbons (Fsp3) is 0.235. The lowest BCUT2D eigenvalue weighted by molar-refractivity contribution is 0.240. The van der Waals surface area contributed by atoms with Crippen molar-refractivity contribution in [3.05, 3.63) is 69.2 Å². The third-order valence-electron chi connectivity index (χ3n) is 3.40. The third kappa shape index (κ3) is 4.93. The zero-order chi connectivity index (χ0) is 15.9. The van der Waals surface area contributed by atoms with E-state index in [-0.39, 0.29) is 6.03 Å². The van der Waals surface area contributed by atoms with Gasteiger partial charge in [0.1, 0.15) is 0 Å². The number of nitrogens with one attached hydrogen (secondary N) is 2. The van der Waals surface area contributed by atoms with Crippen molar-refractivity contribution in [2.24, 2.45) is 0 Å². The largest absolute Gasteiger partial charge is 0.338 e. The minimum Gasteiger partial charge on any atom is -0.338 e. The summed E-state index contributed by atoms with van der Waals surface area (Å²) >= 11 is 11.9. The van der Waals surface area contributed by atoms with Crippen molar-refractivity contribution in [2.45, 2.75) is 19.9 Å². The maximum Gasteiger partial charge on any atom is 0.315 e. The summed E-state index contributed by atoms with van der Waals surface area (Å²) in [5, 5.41) is 6.90. The molecule has 22 heavy (non-hydrogen) atoms. The molecule has 2 aromatic rings. The van der Waals surface area contributed by atoms with Crippen molar-refractivity contribution in [1.29, 1.82) is 0 Å². The molecule has 2 aromatic carbocycles. The van der Waals surface area contributed by atoms with Crippen molar-refractivity contribution in [1.82, 2.24) is 10.6 Å². The molecule has 0 aliphatic rings. The second-order valence-electron chi connectivity index (χ2n) is 5.02. The molecular formula is C17H18Cl2N2O. The highest BCUT2D eigenvalue weighted by Gasteiger charge is 2.04.